The third-order valence-corrected chi connectivity index (χ3v) is 9.18. The highest BCUT2D eigenvalue weighted by molar-refractivity contribution is 5.76. The smallest absolute Gasteiger partial charge is 0.309 e. The van der Waals surface area contributed by atoms with Gasteiger partial charge >= 0.3 is 5.97 Å². The zero-order valence-corrected chi connectivity index (χ0v) is 17.3. The molecule has 6 heteroatoms. The molecule has 0 N–H and O–H groups in total. The number of carbonyl (C=O) groups is 1. The van der Waals surface area contributed by atoms with Gasteiger partial charge in [0.1, 0.15) is 13.2 Å². The molecule has 2 aliphatic heterocycles. The van der Waals surface area contributed by atoms with Crippen LogP contribution in [-0.2, 0) is 23.8 Å². The van der Waals surface area contributed by atoms with Gasteiger partial charge in [0, 0.05) is 24.0 Å². The van der Waals surface area contributed by atoms with Crippen LogP contribution in [0.5, 0.6) is 0 Å². The lowest BCUT2D eigenvalue weighted by Gasteiger charge is -2.55. The number of rotatable bonds is 3. The van der Waals surface area contributed by atoms with Crippen molar-refractivity contribution >= 4 is 12.2 Å². The quantitative estimate of drug-likeness (QED) is 0.418. The van der Waals surface area contributed by atoms with Gasteiger partial charge in [-0.2, -0.15) is 0 Å². The fraction of sp³-hybridized carbons (Fsp3) is 0.909. The second-order valence-electron chi connectivity index (χ2n) is 10.1. The van der Waals surface area contributed by atoms with Gasteiger partial charge < -0.3 is 19.0 Å². The average Bonchev–Trinajstić information content (AvgIpc) is 3.36. The Morgan fingerprint density at radius 2 is 1.82 bits per heavy atom. The summed E-state index contributed by atoms with van der Waals surface area (Å²) >= 11 is 0. The van der Waals surface area contributed by atoms with E-state index in [-0.39, 0.29) is 34.7 Å². The van der Waals surface area contributed by atoms with Crippen LogP contribution in [0.25, 0.3) is 0 Å². The van der Waals surface area contributed by atoms with Gasteiger partial charge in [-0.15, -0.1) is 0 Å². The zero-order valence-electron chi connectivity index (χ0n) is 17.3. The van der Waals surface area contributed by atoms with Gasteiger partial charge in [-0.1, -0.05) is 19.0 Å². The highest BCUT2D eigenvalue weighted by Crippen LogP contribution is 2.67. The summed E-state index contributed by atoms with van der Waals surface area (Å²) in [5, 5.41) is 4.24. The highest BCUT2D eigenvalue weighted by atomic mass is 16.7. The van der Waals surface area contributed by atoms with Crippen LogP contribution in [0.1, 0.15) is 58.8 Å². The van der Waals surface area contributed by atoms with Crippen molar-refractivity contribution in [1.82, 2.24) is 0 Å². The van der Waals surface area contributed by atoms with E-state index in [0.717, 1.165) is 44.9 Å². The van der Waals surface area contributed by atoms with Crippen molar-refractivity contribution in [3.8, 4) is 0 Å². The van der Waals surface area contributed by atoms with Crippen molar-refractivity contribution in [1.29, 1.82) is 0 Å². The van der Waals surface area contributed by atoms with E-state index in [1.165, 1.54) is 0 Å². The molecule has 0 aromatic carbocycles. The molecular weight excluding hydrogens is 358 g/mol. The second kappa shape index (κ2) is 6.43. The van der Waals surface area contributed by atoms with Crippen LogP contribution in [0.2, 0.25) is 0 Å². The molecule has 6 nitrogen and oxygen atoms in total. The number of oxime groups is 1. The lowest BCUT2D eigenvalue weighted by molar-refractivity contribution is -0.239. The monoisotopic (exact) mass is 391 g/mol. The predicted molar refractivity (Wildman–Crippen MR) is 103 cm³/mol. The summed E-state index contributed by atoms with van der Waals surface area (Å²) in [5.74, 6) is 0.695. The van der Waals surface area contributed by atoms with Crippen molar-refractivity contribution in [2.24, 2.45) is 39.7 Å². The highest BCUT2D eigenvalue weighted by Gasteiger charge is 2.67. The predicted octanol–water partition coefficient (Wildman–Crippen LogP) is 3.54. The molecule has 2 saturated heterocycles. The Hall–Kier alpha value is -1.14. The molecule has 5 fully saturated rings. The molecule has 1 spiro atoms. The number of esters is 1. The van der Waals surface area contributed by atoms with Crippen LogP contribution in [0.3, 0.4) is 0 Å². The van der Waals surface area contributed by atoms with Gasteiger partial charge in [0.05, 0.1) is 19.1 Å². The maximum Gasteiger partial charge on any atom is 0.309 e. The first-order valence-corrected chi connectivity index (χ1v) is 11.0. The molecule has 3 saturated carbocycles. The molecule has 4 unspecified atom stereocenters. The molecule has 3 aliphatic carbocycles. The first-order chi connectivity index (χ1) is 13.4. The van der Waals surface area contributed by atoms with E-state index < -0.39 is 5.79 Å². The lowest BCUT2D eigenvalue weighted by Crippen LogP contribution is -2.55. The Morgan fingerprint density at radius 1 is 1.07 bits per heavy atom. The minimum Gasteiger partial charge on any atom is -0.462 e. The van der Waals surface area contributed by atoms with Gasteiger partial charge in [0.25, 0.3) is 0 Å². The lowest BCUT2D eigenvalue weighted by atomic mass is 9.49. The van der Waals surface area contributed by atoms with Gasteiger partial charge in [-0.3, -0.25) is 4.79 Å². The summed E-state index contributed by atoms with van der Waals surface area (Å²) in [6.07, 6.45) is 9.24. The number of hydrogen-bond acceptors (Lipinski definition) is 6. The van der Waals surface area contributed by atoms with Crippen molar-refractivity contribution < 1.29 is 23.8 Å². The molecule has 5 aliphatic rings. The van der Waals surface area contributed by atoms with E-state index in [2.05, 4.69) is 19.0 Å². The molecule has 7 atom stereocenters. The number of hydrogen-bond donors (Lipinski definition) is 0. The van der Waals surface area contributed by atoms with Crippen LogP contribution in [0, 0.1) is 34.5 Å². The number of nitrogens with zero attached hydrogens (tertiary/aromatic N) is 1. The third kappa shape index (κ3) is 2.40. The van der Waals surface area contributed by atoms with E-state index in [9.17, 15) is 4.79 Å². The average molecular weight is 392 g/mol. The summed E-state index contributed by atoms with van der Waals surface area (Å²) in [6, 6.07) is 0. The SMILES string of the molecule is CON=CC1C2CCC3(OCCO3)C2(C)CCC1[C@@]1(C)CC[C@H]2C[C@@H]1C(=O)O2. The molecule has 0 aromatic rings. The van der Waals surface area contributed by atoms with Crippen LogP contribution in [0.15, 0.2) is 5.16 Å². The van der Waals surface area contributed by atoms with Crippen molar-refractivity contribution in [3.05, 3.63) is 0 Å². The van der Waals surface area contributed by atoms with Crippen molar-refractivity contribution in [2.45, 2.75) is 70.7 Å². The Kier molecular flexibility index (Phi) is 4.33. The summed E-state index contributed by atoms with van der Waals surface area (Å²) in [5.41, 5.74) is -0.0584. The second-order valence-corrected chi connectivity index (χ2v) is 10.1. The van der Waals surface area contributed by atoms with Gasteiger partial charge in [0.2, 0.25) is 0 Å². The third-order valence-electron chi connectivity index (χ3n) is 9.18. The molecule has 156 valence electrons. The standard InChI is InChI=1S/C22H33NO5/c1-20(7-4-14-12-18(20)19(24)28-14)16-5-8-21(2)17(15(16)13-23-25-3)6-9-22(21)26-10-11-27-22/h13-18H,4-12H2,1-3H3/t14-,15?,16?,17?,18+,20+,21?/m0/s1. The van der Waals surface area contributed by atoms with E-state index in [1.54, 1.807) is 7.11 Å². The minimum atomic E-state index is -0.438. The molecule has 0 amide bonds. The van der Waals surface area contributed by atoms with Gasteiger partial charge in [0.15, 0.2) is 5.79 Å². The summed E-state index contributed by atoms with van der Waals surface area (Å²) in [6.45, 7) is 6.06. The summed E-state index contributed by atoms with van der Waals surface area (Å²) < 4.78 is 18.1. The van der Waals surface area contributed by atoms with E-state index in [1.807, 2.05) is 6.21 Å². The van der Waals surface area contributed by atoms with Crippen molar-refractivity contribution in [2.75, 3.05) is 20.3 Å². The van der Waals surface area contributed by atoms with Crippen molar-refractivity contribution in [3.63, 3.8) is 0 Å². The van der Waals surface area contributed by atoms with Crippen LogP contribution in [0.4, 0.5) is 0 Å². The Balaban J connectivity index is 1.50. The maximum absolute atomic E-state index is 12.6. The fourth-order valence-electron chi connectivity index (χ4n) is 7.65. The molecular formula is C22H33NO5. The Bertz CT molecular complexity index is 674. The van der Waals surface area contributed by atoms with E-state index in [0.29, 0.717) is 25.0 Å². The zero-order chi connectivity index (χ0) is 19.6. The van der Waals surface area contributed by atoms with Gasteiger partial charge in [-0.05, 0) is 55.8 Å². The number of fused-ring (bicyclic) bond motifs is 4. The molecule has 2 bridgehead atoms. The summed E-state index contributed by atoms with van der Waals surface area (Å²) in [4.78, 5) is 17.7. The largest absolute Gasteiger partial charge is 0.462 e. The normalized spacial score (nSPS) is 49.5. The number of ether oxygens (including phenoxy) is 3. The van der Waals surface area contributed by atoms with Crippen LogP contribution >= 0.6 is 0 Å². The molecule has 28 heavy (non-hydrogen) atoms. The van der Waals surface area contributed by atoms with E-state index >= 15 is 0 Å². The topological polar surface area (TPSA) is 66.3 Å². The molecule has 5 rings (SSSR count). The first-order valence-electron chi connectivity index (χ1n) is 11.0. The minimum absolute atomic E-state index is 0.0196. The Morgan fingerprint density at radius 3 is 2.57 bits per heavy atom. The molecule has 0 radical (unpaired) electrons. The first kappa shape index (κ1) is 18.9. The van der Waals surface area contributed by atoms with Gasteiger partial charge in [-0.25, -0.2) is 0 Å². The van der Waals surface area contributed by atoms with Crippen LogP contribution < -0.4 is 0 Å². The number of carbonyl (C=O) groups excluding carboxylic acids is 1. The maximum atomic E-state index is 12.6. The Labute approximate surface area is 167 Å². The van der Waals surface area contributed by atoms with Crippen LogP contribution in [-0.4, -0.2) is 44.4 Å². The molecule has 2 heterocycles. The summed E-state index contributed by atoms with van der Waals surface area (Å²) in [7, 11) is 1.61. The fourth-order valence-corrected chi connectivity index (χ4v) is 7.65. The van der Waals surface area contributed by atoms with E-state index in [4.69, 9.17) is 19.0 Å². The molecule has 0 aromatic heterocycles.